The van der Waals surface area contributed by atoms with E-state index in [0.29, 0.717) is 22.3 Å². The Morgan fingerprint density at radius 2 is 1.92 bits per heavy atom. The molecule has 4 N–H and O–H groups in total. The molecule has 9 heteroatoms. The number of aromatic amines is 1. The number of phenolic OH excluding ortho intramolecular Hbond substituents is 1. The van der Waals surface area contributed by atoms with Crippen LogP contribution in [-0.4, -0.2) is 39.2 Å². The second kappa shape index (κ2) is 10.6. The van der Waals surface area contributed by atoms with Crippen molar-refractivity contribution in [3.8, 4) is 11.5 Å². The number of aryl methyl sites for hydroxylation is 1. The molecule has 0 radical (unpaired) electrons. The Bertz CT molecular complexity index is 1470. The number of carboxylic acids is 1. The SMILES string of the molecule is CCCCc1cc(=O)oc2cc(OC(C)C(=O)NC(Cc3c[nH]c4ccc(O)cc34)C(=O)O)ccc12. The molecule has 1 amide bonds. The lowest BCUT2D eigenvalue weighted by Crippen LogP contribution is -2.47. The smallest absolute Gasteiger partial charge is 0.336 e. The van der Waals surface area contributed by atoms with Crippen LogP contribution in [0.5, 0.6) is 11.5 Å². The van der Waals surface area contributed by atoms with E-state index in [1.807, 2.05) is 0 Å². The summed E-state index contributed by atoms with van der Waals surface area (Å²) in [5, 5.41) is 23.5. The molecule has 4 rings (SSSR count). The second-order valence-electron chi connectivity index (χ2n) is 8.76. The van der Waals surface area contributed by atoms with Crippen LogP contribution in [-0.2, 0) is 22.4 Å². The van der Waals surface area contributed by atoms with E-state index in [4.69, 9.17) is 9.15 Å². The zero-order valence-electron chi connectivity index (χ0n) is 20.0. The molecule has 2 atom stereocenters. The number of carbonyl (C=O) groups excluding carboxylic acids is 1. The van der Waals surface area contributed by atoms with Crippen molar-refractivity contribution in [2.45, 2.75) is 51.7 Å². The highest BCUT2D eigenvalue weighted by Gasteiger charge is 2.25. The Morgan fingerprint density at radius 3 is 2.67 bits per heavy atom. The number of carbonyl (C=O) groups is 2. The van der Waals surface area contributed by atoms with Gasteiger partial charge in [-0.15, -0.1) is 0 Å². The standard InChI is InChI=1S/C27H28N2O7/c1-3-4-5-16-11-25(31)36-24-13-19(7-8-20(16)24)35-15(2)26(32)29-23(27(33)34)10-17-14-28-22-9-6-18(30)12-21(17)22/h6-9,11-15,23,28,30H,3-5,10H2,1-2H3,(H,29,32)(H,33,34). The van der Waals surface area contributed by atoms with Gasteiger partial charge in [-0.3, -0.25) is 4.79 Å². The first kappa shape index (κ1) is 24.8. The molecular weight excluding hydrogens is 464 g/mol. The van der Waals surface area contributed by atoms with E-state index in [1.165, 1.54) is 19.1 Å². The molecule has 2 heterocycles. The number of hydrogen-bond donors (Lipinski definition) is 4. The van der Waals surface area contributed by atoms with Crippen LogP contribution in [0.3, 0.4) is 0 Å². The molecular formula is C27H28N2O7. The summed E-state index contributed by atoms with van der Waals surface area (Å²) in [5.74, 6) is -1.43. The molecule has 0 saturated carbocycles. The monoisotopic (exact) mass is 492 g/mol. The van der Waals surface area contributed by atoms with Gasteiger partial charge >= 0.3 is 11.6 Å². The Balaban J connectivity index is 1.47. The molecule has 0 aliphatic rings. The molecule has 0 bridgehead atoms. The van der Waals surface area contributed by atoms with Crippen molar-refractivity contribution in [2.75, 3.05) is 0 Å². The predicted octanol–water partition coefficient (Wildman–Crippen LogP) is 3.90. The van der Waals surface area contributed by atoms with E-state index < -0.39 is 29.6 Å². The van der Waals surface area contributed by atoms with Gasteiger partial charge in [-0.25, -0.2) is 9.59 Å². The van der Waals surface area contributed by atoms with Crippen LogP contribution in [0.25, 0.3) is 21.9 Å². The minimum atomic E-state index is -1.21. The fourth-order valence-electron chi connectivity index (χ4n) is 4.16. The van der Waals surface area contributed by atoms with E-state index in [2.05, 4.69) is 17.2 Å². The number of aromatic nitrogens is 1. The second-order valence-corrected chi connectivity index (χ2v) is 8.76. The lowest BCUT2D eigenvalue weighted by atomic mass is 10.0. The minimum absolute atomic E-state index is 0.0128. The number of aliphatic carboxylic acids is 1. The van der Waals surface area contributed by atoms with Crippen molar-refractivity contribution in [2.24, 2.45) is 0 Å². The number of unbranched alkanes of at least 4 members (excludes halogenated alkanes) is 1. The molecule has 0 aliphatic carbocycles. The third kappa shape index (κ3) is 5.51. The fraction of sp³-hybridized carbons (Fsp3) is 0.296. The number of rotatable bonds is 10. The molecule has 188 valence electrons. The number of hydrogen-bond acceptors (Lipinski definition) is 6. The number of phenols is 1. The van der Waals surface area contributed by atoms with Gasteiger partial charge in [0.1, 0.15) is 23.1 Å². The highest BCUT2D eigenvalue weighted by Crippen LogP contribution is 2.26. The van der Waals surface area contributed by atoms with E-state index in [-0.39, 0.29) is 12.2 Å². The average molecular weight is 493 g/mol. The molecule has 0 saturated heterocycles. The first-order valence-electron chi connectivity index (χ1n) is 11.8. The topological polar surface area (TPSA) is 142 Å². The zero-order chi connectivity index (χ0) is 25.8. The third-order valence-corrected chi connectivity index (χ3v) is 6.07. The van der Waals surface area contributed by atoms with Crippen molar-refractivity contribution in [3.05, 3.63) is 70.2 Å². The summed E-state index contributed by atoms with van der Waals surface area (Å²) in [7, 11) is 0. The maximum Gasteiger partial charge on any atom is 0.336 e. The summed E-state index contributed by atoms with van der Waals surface area (Å²) in [6, 6.07) is 10.1. The first-order valence-corrected chi connectivity index (χ1v) is 11.8. The van der Waals surface area contributed by atoms with E-state index >= 15 is 0 Å². The normalized spacial score (nSPS) is 12.9. The molecule has 2 aromatic heterocycles. The van der Waals surface area contributed by atoms with Crippen LogP contribution in [0.4, 0.5) is 0 Å². The number of benzene rings is 2. The van der Waals surface area contributed by atoms with Crippen molar-refractivity contribution >= 4 is 33.7 Å². The highest BCUT2D eigenvalue weighted by atomic mass is 16.5. The van der Waals surface area contributed by atoms with Gasteiger partial charge in [-0.1, -0.05) is 13.3 Å². The quantitative estimate of drug-likeness (QED) is 0.246. The van der Waals surface area contributed by atoms with Gasteiger partial charge in [0.05, 0.1) is 0 Å². The van der Waals surface area contributed by atoms with Crippen LogP contribution >= 0.6 is 0 Å². The van der Waals surface area contributed by atoms with Gasteiger partial charge in [0.2, 0.25) is 0 Å². The predicted molar refractivity (Wildman–Crippen MR) is 134 cm³/mol. The number of H-pyrrole nitrogens is 1. The van der Waals surface area contributed by atoms with Crippen molar-refractivity contribution in [1.82, 2.24) is 10.3 Å². The summed E-state index contributed by atoms with van der Waals surface area (Å²) in [6.45, 7) is 3.59. The molecule has 0 fully saturated rings. The van der Waals surface area contributed by atoms with Gasteiger partial charge in [-0.05, 0) is 61.2 Å². The Hall–Kier alpha value is -4.27. The molecule has 36 heavy (non-hydrogen) atoms. The number of fused-ring (bicyclic) bond motifs is 2. The van der Waals surface area contributed by atoms with Crippen molar-refractivity contribution < 1.29 is 29.0 Å². The van der Waals surface area contributed by atoms with Gasteiger partial charge in [0.25, 0.3) is 5.91 Å². The van der Waals surface area contributed by atoms with Crippen LogP contribution in [0.15, 0.2) is 57.9 Å². The fourth-order valence-corrected chi connectivity index (χ4v) is 4.16. The zero-order valence-corrected chi connectivity index (χ0v) is 20.0. The summed E-state index contributed by atoms with van der Waals surface area (Å²) < 4.78 is 11.1. The largest absolute Gasteiger partial charge is 0.508 e. The van der Waals surface area contributed by atoms with Crippen molar-refractivity contribution in [3.63, 3.8) is 0 Å². The number of nitrogens with one attached hydrogen (secondary N) is 2. The third-order valence-electron chi connectivity index (χ3n) is 6.07. The number of carboxylic acid groups (broad SMARTS) is 1. The Kier molecular flexibility index (Phi) is 7.28. The lowest BCUT2D eigenvalue weighted by molar-refractivity contribution is -0.142. The molecule has 2 aromatic carbocycles. The maximum atomic E-state index is 12.8. The van der Waals surface area contributed by atoms with Gasteiger partial charge in [-0.2, -0.15) is 0 Å². The Morgan fingerprint density at radius 1 is 1.11 bits per heavy atom. The molecule has 0 aliphatic heterocycles. The lowest BCUT2D eigenvalue weighted by Gasteiger charge is -2.19. The van der Waals surface area contributed by atoms with Crippen LogP contribution in [0, 0.1) is 0 Å². The van der Waals surface area contributed by atoms with Gasteiger partial charge in [0, 0.05) is 41.0 Å². The molecule has 9 nitrogen and oxygen atoms in total. The number of aromatic hydroxyl groups is 1. The van der Waals surface area contributed by atoms with Crippen LogP contribution in [0.1, 0.15) is 37.8 Å². The van der Waals surface area contributed by atoms with E-state index in [1.54, 1.807) is 36.5 Å². The highest BCUT2D eigenvalue weighted by molar-refractivity contribution is 5.89. The Labute approximate surface area is 206 Å². The molecule has 2 unspecified atom stereocenters. The first-order chi connectivity index (χ1) is 17.2. The number of ether oxygens (including phenoxy) is 1. The van der Waals surface area contributed by atoms with Crippen LogP contribution < -0.4 is 15.7 Å². The number of amides is 1. The van der Waals surface area contributed by atoms with Gasteiger partial charge in [0.15, 0.2) is 6.10 Å². The summed E-state index contributed by atoms with van der Waals surface area (Å²) >= 11 is 0. The average Bonchev–Trinajstić information content (AvgIpc) is 3.23. The minimum Gasteiger partial charge on any atom is -0.508 e. The van der Waals surface area contributed by atoms with Gasteiger partial charge < -0.3 is 29.7 Å². The summed E-state index contributed by atoms with van der Waals surface area (Å²) in [4.78, 5) is 39.7. The molecule has 0 spiro atoms. The van der Waals surface area contributed by atoms with Crippen LogP contribution in [0.2, 0.25) is 0 Å². The molecule has 4 aromatic rings. The van der Waals surface area contributed by atoms with E-state index in [0.717, 1.165) is 35.7 Å². The summed E-state index contributed by atoms with van der Waals surface area (Å²) in [6.07, 6.45) is 3.35. The van der Waals surface area contributed by atoms with Crippen molar-refractivity contribution in [1.29, 1.82) is 0 Å². The summed E-state index contributed by atoms with van der Waals surface area (Å²) in [5.41, 5.74) is 2.20. The maximum absolute atomic E-state index is 12.8. The van der Waals surface area contributed by atoms with E-state index in [9.17, 15) is 24.6 Å².